The van der Waals surface area contributed by atoms with Crippen LogP contribution in [-0.2, 0) is 13.0 Å². The maximum Gasteiger partial charge on any atom is 0.128 e. The molecule has 0 radical (unpaired) electrons. The molecule has 1 aromatic heterocycles. The van der Waals surface area contributed by atoms with Crippen LogP contribution in [0, 0.1) is 18.7 Å². The predicted octanol–water partition coefficient (Wildman–Crippen LogP) is 5.24. The number of nitrogens with zero attached hydrogens (tertiary/aromatic N) is 2. The van der Waals surface area contributed by atoms with E-state index in [4.69, 9.17) is 0 Å². The zero-order valence-electron chi connectivity index (χ0n) is 14.5. The molecule has 3 aromatic rings. The van der Waals surface area contributed by atoms with Crippen LogP contribution in [0.2, 0.25) is 0 Å². The molecule has 0 bridgehead atoms. The van der Waals surface area contributed by atoms with E-state index < -0.39 is 0 Å². The molecule has 0 aliphatic rings. The molecule has 0 saturated heterocycles. The normalized spacial score (nSPS) is 11.2. The second-order valence-corrected chi connectivity index (χ2v) is 6.71. The highest BCUT2D eigenvalue weighted by Crippen LogP contribution is 2.24. The first-order valence-corrected chi connectivity index (χ1v) is 8.38. The SMILES string of the molecule is Cc1nccn1Cc1ccc(-c2cccc(CC(C)C)c2)cc1F. The van der Waals surface area contributed by atoms with E-state index in [1.807, 2.05) is 42.0 Å². The van der Waals surface area contributed by atoms with Crippen LogP contribution in [-0.4, -0.2) is 9.55 Å². The molecule has 0 aliphatic heterocycles. The molecule has 0 amide bonds. The van der Waals surface area contributed by atoms with Crippen LogP contribution in [0.5, 0.6) is 0 Å². The van der Waals surface area contributed by atoms with E-state index in [2.05, 4.69) is 31.0 Å². The molecule has 2 nitrogen and oxygen atoms in total. The van der Waals surface area contributed by atoms with E-state index in [0.717, 1.165) is 23.4 Å². The molecule has 3 rings (SSSR count). The molecule has 0 spiro atoms. The lowest BCUT2D eigenvalue weighted by Gasteiger charge is -2.10. The van der Waals surface area contributed by atoms with Gasteiger partial charge < -0.3 is 4.57 Å². The van der Waals surface area contributed by atoms with Gasteiger partial charge in [0, 0.05) is 18.0 Å². The fourth-order valence-corrected chi connectivity index (χ4v) is 2.96. The van der Waals surface area contributed by atoms with E-state index in [0.29, 0.717) is 18.0 Å². The number of benzene rings is 2. The van der Waals surface area contributed by atoms with Crippen molar-refractivity contribution >= 4 is 0 Å². The van der Waals surface area contributed by atoms with Gasteiger partial charge in [-0.25, -0.2) is 9.37 Å². The van der Waals surface area contributed by atoms with Crippen molar-refractivity contribution in [3.05, 3.63) is 77.6 Å². The maximum atomic E-state index is 14.5. The summed E-state index contributed by atoms with van der Waals surface area (Å²) in [5.41, 5.74) is 3.96. The second-order valence-electron chi connectivity index (χ2n) is 6.71. The fourth-order valence-electron chi connectivity index (χ4n) is 2.96. The van der Waals surface area contributed by atoms with Crippen molar-refractivity contribution in [2.45, 2.75) is 33.7 Å². The Morgan fingerprint density at radius 2 is 1.88 bits per heavy atom. The number of hydrogen-bond donors (Lipinski definition) is 0. The average Bonchev–Trinajstić information content (AvgIpc) is 2.94. The Balaban J connectivity index is 1.85. The van der Waals surface area contributed by atoms with Crippen LogP contribution < -0.4 is 0 Å². The standard InChI is InChI=1S/C21H23FN2/c1-15(2)11-17-5-4-6-18(12-17)19-7-8-20(21(22)13-19)14-24-10-9-23-16(24)3/h4-10,12-13,15H,11,14H2,1-3H3. The number of rotatable bonds is 5. The van der Waals surface area contributed by atoms with Crippen molar-refractivity contribution < 1.29 is 4.39 Å². The Morgan fingerprint density at radius 3 is 2.54 bits per heavy atom. The number of hydrogen-bond acceptors (Lipinski definition) is 1. The van der Waals surface area contributed by atoms with Crippen LogP contribution in [0.1, 0.15) is 30.8 Å². The van der Waals surface area contributed by atoms with Gasteiger partial charge in [0.1, 0.15) is 11.6 Å². The molecule has 0 unspecified atom stereocenters. The van der Waals surface area contributed by atoms with Crippen molar-refractivity contribution in [1.29, 1.82) is 0 Å². The Bertz CT molecular complexity index is 833. The van der Waals surface area contributed by atoms with Gasteiger partial charge in [0.15, 0.2) is 0 Å². The number of halogens is 1. The van der Waals surface area contributed by atoms with Gasteiger partial charge in [-0.15, -0.1) is 0 Å². The van der Waals surface area contributed by atoms with Crippen molar-refractivity contribution in [3.8, 4) is 11.1 Å². The third-order valence-corrected chi connectivity index (χ3v) is 4.22. The monoisotopic (exact) mass is 322 g/mol. The van der Waals surface area contributed by atoms with Gasteiger partial charge in [0.25, 0.3) is 0 Å². The third-order valence-electron chi connectivity index (χ3n) is 4.22. The van der Waals surface area contributed by atoms with Crippen molar-refractivity contribution in [1.82, 2.24) is 9.55 Å². The Kier molecular flexibility index (Phi) is 4.79. The van der Waals surface area contributed by atoms with E-state index in [9.17, 15) is 4.39 Å². The molecule has 2 aromatic carbocycles. The smallest absolute Gasteiger partial charge is 0.128 e. The highest BCUT2D eigenvalue weighted by molar-refractivity contribution is 5.64. The quantitative estimate of drug-likeness (QED) is 0.628. The topological polar surface area (TPSA) is 17.8 Å². The number of aryl methyl sites for hydroxylation is 1. The Hall–Kier alpha value is -2.42. The largest absolute Gasteiger partial charge is 0.331 e. The van der Waals surface area contributed by atoms with Gasteiger partial charge in [0.2, 0.25) is 0 Å². The molecule has 1 heterocycles. The van der Waals surface area contributed by atoms with Crippen LogP contribution in [0.25, 0.3) is 11.1 Å². The minimum absolute atomic E-state index is 0.171. The highest BCUT2D eigenvalue weighted by Gasteiger charge is 2.08. The molecule has 3 heteroatoms. The number of imidazole rings is 1. The minimum Gasteiger partial charge on any atom is -0.331 e. The third kappa shape index (κ3) is 3.73. The lowest BCUT2D eigenvalue weighted by atomic mass is 9.97. The molecular formula is C21H23FN2. The van der Waals surface area contributed by atoms with E-state index in [-0.39, 0.29) is 5.82 Å². The minimum atomic E-state index is -0.171. The molecule has 0 saturated carbocycles. The summed E-state index contributed by atoms with van der Waals surface area (Å²) in [6.45, 7) is 6.84. The first kappa shape index (κ1) is 16.4. The van der Waals surface area contributed by atoms with Gasteiger partial charge >= 0.3 is 0 Å². The Labute approximate surface area is 143 Å². The zero-order valence-corrected chi connectivity index (χ0v) is 14.5. The summed E-state index contributed by atoms with van der Waals surface area (Å²) in [6.07, 6.45) is 4.65. The average molecular weight is 322 g/mol. The van der Waals surface area contributed by atoms with E-state index >= 15 is 0 Å². The van der Waals surface area contributed by atoms with E-state index in [1.165, 1.54) is 5.56 Å². The molecule has 124 valence electrons. The fraction of sp³-hybridized carbons (Fsp3) is 0.286. The van der Waals surface area contributed by atoms with E-state index in [1.54, 1.807) is 12.3 Å². The lowest BCUT2D eigenvalue weighted by molar-refractivity contribution is 0.597. The molecule has 0 aliphatic carbocycles. The first-order valence-electron chi connectivity index (χ1n) is 8.38. The molecule has 0 atom stereocenters. The van der Waals surface area contributed by atoms with Crippen LogP contribution >= 0.6 is 0 Å². The van der Waals surface area contributed by atoms with Crippen molar-refractivity contribution in [3.63, 3.8) is 0 Å². The summed E-state index contributed by atoms with van der Waals surface area (Å²) in [5, 5.41) is 0. The highest BCUT2D eigenvalue weighted by atomic mass is 19.1. The lowest BCUT2D eigenvalue weighted by Crippen LogP contribution is -2.03. The zero-order chi connectivity index (χ0) is 17.1. The van der Waals surface area contributed by atoms with Crippen molar-refractivity contribution in [2.75, 3.05) is 0 Å². The predicted molar refractivity (Wildman–Crippen MR) is 96.4 cm³/mol. The van der Waals surface area contributed by atoms with Gasteiger partial charge in [-0.3, -0.25) is 0 Å². The molecule has 0 fully saturated rings. The number of aromatic nitrogens is 2. The van der Waals surface area contributed by atoms with Crippen LogP contribution in [0.3, 0.4) is 0 Å². The first-order chi connectivity index (χ1) is 11.5. The summed E-state index contributed by atoms with van der Waals surface area (Å²) in [5.74, 6) is 1.33. The summed E-state index contributed by atoms with van der Waals surface area (Å²) >= 11 is 0. The maximum absolute atomic E-state index is 14.5. The summed E-state index contributed by atoms with van der Waals surface area (Å²) < 4.78 is 16.5. The van der Waals surface area contributed by atoms with Gasteiger partial charge in [-0.05, 0) is 42.0 Å². The summed E-state index contributed by atoms with van der Waals surface area (Å²) in [7, 11) is 0. The molecule has 24 heavy (non-hydrogen) atoms. The van der Waals surface area contributed by atoms with Crippen LogP contribution in [0.4, 0.5) is 4.39 Å². The van der Waals surface area contributed by atoms with Gasteiger partial charge in [-0.1, -0.05) is 50.2 Å². The second kappa shape index (κ2) is 7.00. The summed E-state index contributed by atoms with van der Waals surface area (Å²) in [6, 6.07) is 13.9. The van der Waals surface area contributed by atoms with Gasteiger partial charge in [0.05, 0.1) is 6.54 Å². The Morgan fingerprint density at radius 1 is 1.08 bits per heavy atom. The van der Waals surface area contributed by atoms with Crippen LogP contribution in [0.15, 0.2) is 54.9 Å². The van der Waals surface area contributed by atoms with Gasteiger partial charge in [-0.2, -0.15) is 0 Å². The van der Waals surface area contributed by atoms with Crippen molar-refractivity contribution in [2.24, 2.45) is 5.92 Å². The molecular weight excluding hydrogens is 299 g/mol. The molecule has 0 N–H and O–H groups in total. The summed E-state index contributed by atoms with van der Waals surface area (Å²) in [4.78, 5) is 4.18.